The van der Waals surface area contributed by atoms with E-state index in [0.29, 0.717) is 0 Å². The van der Waals surface area contributed by atoms with E-state index in [0.717, 1.165) is 6.54 Å². The molecule has 0 saturated carbocycles. The fourth-order valence-corrected chi connectivity index (χ4v) is 1.99. The minimum absolute atomic E-state index is 0.174. The molecular formula is C15H23N. The Morgan fingerprint density at radius 1 is 1.31 bits per heavy atom. The summed E-state index contributed by atoms with van der Waals surface area (Å²) in [5, 5.41) is 3.44. The average Bonchev–Trinajstić information content (AvgIpc) is 2.25. The van der Waals surface area contributed by atoms with Crippen LogP contribution >= 0.6 is 0 Å². The summed E-state index contributed by atoms with van der Waals surface area (Å²) in [6.45, 7) is 13.7. The molecule has 0 aliphatic carbocycles. The van der Waals surface area contributed by atoms with Gasteiger partial charge in [-0.15, -0.1) is 6.58 Å². The van der Waals surface area contributed by atoms with Gasteiger partial charge in [0.2, 0.25) is 0 Å². The zero-order valence-electron chi connectivity index (χ0n) is 10.9. The van der Waals surface area contributed by atoms with Gasteiger partial charge in [-0.25, -0.2) is 0 Å². The van der Waals surface area contributed by atoms with Gasteiger partial charge in [0.05, 0.1) is 6.04 Å². The lowest BCUT2D eigenvalue weighted by atomic mass is 9.82. The first-order valence-electron chi connectivity index (χ1n) is 5.96. The zero-order chi connectivity index (χ0) is 12.2. The second-order valence-corrected chi connectivity index (χ2v) is 5.11. The standard InChI is InChI=1S/C15H23N/c1-6-14(16-7-2)12-10-8-9-11-13(12)15(3,4)5/h6,8-11,14,16H,1,7H2,2-5H3. The summed E-state index contributed by atoms with van der Waals surface area (Å²) in [7, 11) is 0. The summed E-state index contributed by atoms with van der Waals surface area (Å²) in [5.41, 5.74) is 2.90. The highest BCUT2D eigenvalue weighted by atomic mass is 14.9. The van der Waals surface area contributed by atoms with E-state index in [4.69, 9.17) is 0 Å². The lowest BCUT2D eigenvalue weighted by Crippen LogP contribution is -2.23. The molecule has 1 heteroatoms. The van der Waals surface area contributed by atoms with Crippen LogP contribution < -0.4 is 5.32 Å². The summed E-state index contributed by atoms with van der Waals surface area (Å²) in [4.78, 5) is 0. The van der Waals surface area contributed by atoms with Crippen molar-refractivity contribution >= 4 is 0 Å². The van der Waals surface area contributed by atoms with Crippen LogP contribution in [0.3, 0.4) is 0 Å². The molecule has 1 aromatic rings. The molecule has 0 heterocycles. The minimum atomic E-state index is 0.174. The molecule has 1 aromatic carbocycles. The van der Waals surface area contributed by atoms with Crippen LogP contribution in [0.1, 0.15) is 44.9 Å². The van der Waals surface area contributed by atoms with Gasteiger partial charge in [0, 0.05) is 0 Å². The molecule has 1 atom stereocenters. The van der Waals surface area contributed by atoms with Crippen LogP contribution in [0, 0.1) is 0 Å². The van der Waals surface area contributed by atoms with Gasteiger partial charge in [-0.05, 0) is 23.1 Å². The number of rotatable bonds is 4. The maximum atomic E-state index is 3.92. The number of nitrogens with one attached hydrogen (secondary N) is 1. The van der Waals surface area contributed by atoms with E-state index < -0.39 is 0 Å². The quantitative estimate of drug-likeness (QED) is 0.756. The molecule has 0 bridgehead atoms. The lowest BCUT2D eigenvalue weighted by Gasteiger charge is -2.26. The van der Waals surface area contributed by atoms with Crippen molar-refractivity contribution in [3.8, 4) is 0 Å². The number of hydrogen-bond donors (Lipinski definition) is 1. The normalized spacial score (nSPS) is 13.5. The van der Waals surface area contributed by atoms with Crippen LogP contribution in [0.5, 0.6) is 0 Å². The third-order valence-corrected chi connectivity index (χ3v) is 2.76. The van der Waals surface area contributed by atoms with E-state index in [-0.39, 0.29) is 11.5 Å². The molecule has 0 spiro atoms. The van der Waals surface area contributed by atoms with Crippen molar-refractivity contribution in [3.63, 3.8) is 0 Å². The number of benzene rings is 1. The second kappa shape index (κ2) is 5.31. The molecule has 0 fully saturated rings. The number of likely N-dealkylation sites (N-methyl/N-ethyl adjacent to an activating group) is 1. The lowest BCUT2D eigenvalue weighted by molar-refractivity contribution is 0.562. The molecule has 1 nitrogen and oxygen atoms in total. The van der Waals surface area contributed by atoms with Gasteiger partial charge in [-0.3, -0.25) is 0 Å². The van der Waals surface area contributed by atoms with Crippen LogP contribution in [-0.4, -0.2) is 6.54 Å². The molecule has 16 heavy (non-hydrogen) atoms. The molecule has 1 unspecified atom stereocenters. The third-order valence-electron chi connectivity index (χ3n) is 2.76. The van der Waals surface area contributed by atoms with Gasteiger partial charge in [0.1, 0.15) is 0 Å². The molecule has 0 aliphatic rings. The SMILES string of the molecule is C=CC(NCC)c1ccccc1C(C)(C)C. The first-order chi connectivity index (χ1) is 7.50. The van der Waals surface area contributed by atoms with E-state index in [1.807, 2.05) is 6.08 Å². The van der Waals surface area contributed by atoms with Gasteiger partial charge < -0.3 is 5.32 Å². The summed E-state index contributed by atoms with van der Waals surface area (Å²) >= 11 is 0. The van der Waals surface area contributed by atoms with E-state index in [2.05, 4.69) is 63.9 Å². The van der Waals surface area contributed by atoms with E-state index >= 15 is 0 Å². The third kappa shape index (κ3) is 2.96. The Kier molecular flexibility index (Phi) is 4.31. The van der Waals surface area contributed by atoms with Crippen molar-refractivity contribution in [2.45, 2.75) is 39.2 Å². The summed E-state index contributed by atoms with van der Waals surface area (Å²) in [5.74, 6) is 0. The van der Waals surface area contributed by atoms with Crippen molar-refractivity contribution in [2.75, 3.05) is 6.54 Å². The predicted octanol–water partition coefficient (Wildman–Crippen LogP) is 3.82. The van der Waals surface area contributed by atoms with Crippen LogP contribution in [0.15, 0.2) is 36.9 Å². The Bertz CT molecular complexity index is 347. The van der Waals surface area contributed by atoms with Crippen molar-refractivity contribution < 1.29 is 0 Å². The van der Waals surface area contributed by atoms with Gasteiger partial charge in [0.15, 0.2) is 0 Å². The molecule has 88 valence electrons. The monoisotopic (exact) mass is 217 g/mol. The van der Waals surface area contributed by atoms with Crippen molar-refractivity contribution in [2.24, 2.45) is 0 Å². The Morgan fingerprint density at radius 2 is 1.94 bits per heavy atom. The molecule has 0 aliphatic heterocycles. The Balaban J connectivity index is 3.16. The van der Waals surface area contributed by atoms with E-state index in [1.54, 1.807) is 0 Å². The molecule has 0 radical (unpaired) electrons. The summed E-state index contributed by atoms with van der Waals surface area (Å²) < 4.78 is 0. The molecule has 0 amide bonds. The van der Waals surface area contributed by atoms with E-state index in [9.17, 15) is 0 Å². The van der Waals surface area contributed by atoms with Crippen LogP contribution in [0.2, 0.25) is 0 Å². The predicted molar refractivity (Wildman–Crippen MR) is 71.8 cm³/mol. The Hall–Kier alpha value is -1.08. The second-order valence-electron chi connectivity index (χ2n) is 5.11. The van der Waals surface area contributed by atoms with Gasteiger partial charge in [-0.2, -0.15) is 0 Å². The van der Waals surface area contributed by atoms with Crippen molar-refractivity contribution in [1.82, 2.24) is 5.32 Å². The van der Waals surface area contributed by atoms with Crippen LogP contribution in [0.4, 0.5) is 0 Å². The Morgan fingerprint density at radius 3 is 2.44 bits per heavy atom. The Labute approximate surface area is 99.6 Å². The van der Waals surface area contributed by atoms with Gasteiger partial charge in [-0.1, -0.05) is 58.0 Å². The summed E-state index contributed by atoms with van der Waals surface area (Å²) in [6.07, 6.45) is 1.98. The smallest absolute Gasteiger partial charge is 0.0506 e. The molecular weight excluding hydrogens is 194 g/mol. The highest BCUT2D eigenvalue weighted by molar-refractivity contribution is 5.36. The van der Waals surface area contributed by atoms with Gasteiger partial charge in [0.25, 0.3) is 0 Å². The zero-order valence-corrected chi connectivity index (χ0v) is 10.9. The molecule has 0 aromatic heterocycles. The fraction of sp³-hybridized carbons (Fsp3) is 0.467. The minimum Gasteiger partial charge on any atom is -0.307 e. The topological polar surface area (TPSA) is 12.0 Å². The first kappa shape index (κ1) is 13.0. The molecule has 1 N–H and O–H groups in total. The maximum Gasteiger partial charge on any atom is 0.0506 e. The highest BCUT2D eigenvalue weighted by Crippen LogP contribution is 2.29. The largest absolute Gasteiger partial charge is 0.307 e. The van der Waals surface area contributed by atoms with Crippen molar-refractivity contribution in [3.05, 3.63) is 48.0 Å². The van der Waals surface area contributed by atoms with E-state index in [1.165, 1.54) is 11.1 Å². The van der Waals surface area contributed by atoms with Crippen LogP contribution in [-0.2, 0) is 5.41 Å². The summed E-state index contributed by atoms with van der Waals surface area (Å²) in [6, 6.07) is 8.85. The fourth-order valence-electron chi connectivity index (χ4n) is 1.99. The number of hydrogen-bond acceptors (Lipinski definition) is 1. The first-order valence-corrected chi connectivity index (χ1v) is 5.96. The molecule has 1 rings (SSSR count). The van der Waals surface area contributed by atoms with Crippen LogP contribution in [0.25, 0.3) is 0 Å². The average molecular weight is 217 g/mol. The van der Waals surface area contributed by atoms with Crippen molar-refractivity contribution in [1.29, 1.82) is 0 Å². The maximum absolute atomic E-state index is 3.92. The van der Waals surface area contributed by atoms with Gasteiger partial charge >= 0.3 is 0 Å². The molecule has 0 saturated heterocycles. The highest BCUT2D eigenvalue weighted by Gasteiger charge is 2.20.